The summed E-state index contributed by atoms with van der Waals surface area (Å²) in [5.41, 5.74) is 7.47. The number of nitrogens with zero attached hydrogens (tertiary/aromatic N) is 2. The summed E-state index contributed by atoms with van der Waals surface area (Å²) in [4.78, 5) is 7.39. The molecule has 2 heterocycles. The Labute approximate surface area is 165 Å². The number of aliphatic imine (C=N–C) groups is 1. The van der Waals surface area contributed by atoms with E-state index < -0.39 is 0 Å². The van der Waals surface area contributed by atoms with Crippen molar-refractivity contribution in [3.8, 4) is 0 Å². The first-order valence-corrected chi connectivity index (χ1v) is 10.9. The normalized spacial score (nSPS) is 18.8. The molecule has 3 heteroatoms. The van der Waals surface area contributed by atoms with Gasteiger partial charge in [0.05, 0.1) is 29.3 Å². The Hall–Kier alpha value is -2.39. The molecule has 1 saturated carbocycles. The topological polar surface area (TPSA) is 15.6 Å². The van der Waals surface area contributed by atoms with Crippen LogP contribution >= 0.6 is 11.3 Å². The van der Waals surface area contributed by atoms with E-state index in [1.165, 1.54) is 54.6 Å². The van der Waals surface area contributed by atoms with Gasteiger partial charge in [0.1, 0.15) is 0 Å². The highest BCUT2D eigenvalue weighted by atomic mass is 32.1. The van der Waals surface area contributed by atoms with Gasteiger partial charge in [-0.3, -0.25) is 4.99 Å². The predicted molar refractivity (Wildman–Crippen MR) is 116 cm³/mol. The number of anilines is 2. The average molecular weight is 373 g/mol. The van der Waals surface area contributed by atoms with Crippen LogP contribution < -0.4 is 4.90 Å². The maximum absolute atomic E-state index is 5.02. The van der Waals surface area contributed by atoms with Crippen molar-refractivity contribution >= 4 is 34.1 Å². The molecule has 5 rings (SSSR count). The third kappa shape index (κ3) is 3.32. The summed E-state index contributed by atoms with van der Waals surface area (Å²) in [6.45, 7) is 0.834. The first-order valence-electron chi connectivity index (χ1n) is 9.95. The van der Waals surface area contributed by atoms with Gasteiger partial charge in [0, 0.05) is 10.9 Å². The van der Waals surface area contributed by atoms with Crippen molar-refractivity contribution in [1.82, 2.24) is 0 Å². The number of thiophene rings is 1. The average Bonchev–Trinajstić information content (AvgIpc) is 3.38. The number of benzene rings is 2. The van der Waals surface area contributed by atoms with Crippen molar-refractivity contribution in [3.63, 3.8) is 0 Å². The highest BCUT2D eigenvalue weighted by molar-refractivity contribution is 7.08. The lowest BCUT2D eigenvalue weighted by molar-refractivity contribution is 0.443. The number of hydrogen-bond donors (Lipinski definition) is 0. The molecule has 1 aromatic heterocycles. The predicted octanol–water partition coefficient (Wildman–Crippen LogP) is 7.07. The second kappa shape index (κ2) is 7.32. The molecule has 0 N–H and O–H groups in total. The van der Waals surface area contributed by atoms with Crippen LogP contribution in [0.2, 0.25) is 0 Å². The Morgan fingerprint density at radius 2 is 1.70 bits per heavy atom. The fraction of sp³-hybridized carbons (Fsp3) is 0.292. The van der Waals surface area contributed by atoms with Gasteiger partial charge in [-0.1, -0.05) is 49.6 Å². The van der Waals surface area contributed by atoms with Crippen LogP contribution in [0.25, 0.3) is 0 Å². The van der Waals surface area contributed by atoms with Crippen molar-refractivity contribution in [2.75, 3.05) is 11.4 Å². The van der Waals surface area contributed by atoms with Crippen molar-refractivity contribution in [2.24, 2.45) is 4.99 Å². The molecule has 3 aromatic rings. The molecule has 27 heavy (non-hydrogen) atoms. The molecule has 1 aliphatic heterocycles. The molecule has 1 fully saturated rings. The molecule has 2 aliphatic rings. The van der Waals surface area contributed by atoms with E-state index in [1.807, 2.05) is 0 Å². The highest BCUT2D eigenvalue weighted by Crippen LogP contribution is 2.37. The minimum absolute atomic E-state index is 0.752. The molecule has 0 radical (unpaired) electrons. The monoisotopic (exact) mass is 372 g/mol. The fourth-order valence-corrected chi connectivity index (χ4v) is 5.06. The zero-order valence-electron chi connectivity index (χ0n) is 15.5. The summed E-state index contributed by atoms with van der Waals surface area (Å²) in [5, 5.41) is 4.34. The van der Waals surface area contributed by atoms with Crippen LogP contribution in [-0.4, -0.2) is 12.3 Å². The van der Waals surface area contributed by atoms with Gasteiger partial charge in [-0.15, -0.1) is 0 Å². The Bertz CT molecular complexity index is 935. The summed E-state index contributed by atoms with van der Waals surface area (Å²) in [7, 11) is 0. The van der Waals surface area contributed by atoms with E-state index in [9.17, 15) is 0 Å². The number of fused-ring (bicyclic) bond motifs is 1. The number of hydrogen-bond acceptors (Lipinski definition) is 3. The van der Waals surface area contributed by atoms with Crippen LogP contribution in [0.5, 0.6) is 0 Å². The SMILES string of the molecule is c1ccc2c(c1)C(=Nc1ccc(C3CCCCC3)cc1)CN2c1ccsc1. The molecule has 0 bridgehead atoms. The zero-order chi connectivity index (χ0) is 18.1. The lowest BCUT2D eigenvalue weighted by atomic mass is 9.84. The largest absolute Gasteiger partial charge is 0.334 e. The van der Waals surface area contributed by atoms with Crippen LogP contribution in [0.4, 0.5) is 17.1 Å². The maximum atomic E-state index is 5.02. The zero-order valence-corrected chi connectivity index (χ0v) is 16.3. The van der Waals surface area contributed by atoms with Gasteiger partial charge in [0.15, 0.2) is 0 Å². The fourth-order valence-electron chi connectivity index (χ4n) is 4.42. The van der Waals surface area contributed by atoms with Crippen molar-refractivity contribution in [3.05, 3.63) is 76.5 Å². The van der Waals surface area contributed by atoms with E-state index in [4.69, 9.17) is 4.99 Å². The van der Waals surface area contributed by atoms with E-state index in [2.05, 4.69) is 70.3 Å². The van der Waals surface area contributed by atoms with Gasteiger partial charge >= 0.3 is 0 Å². The molecule has 0 amide bonds. The molecule has 0 saturated heterocycles. The summed E-state index contributed by atoms with van der Waals surface area (Å²) >= 11 is 1.74. The molecule has 1 aliphatic carbocycles. The van der Waals surface area contributed by atoms with Crippen molar-refractivity contribution in [2.45, 2.75) is 38.0 Å². The second-order valence-corrected chi connectivity index (χ2v) is 8.35. The third-order valence-electron chi connectivity index (χ3n) is 5.87. The summed E-state index contributed by atoms with van der Waals surface area (Å²) in [6.07, 6.45) is 6.85. The molecule has 2 nitrogen and oxygen atoms in total. The molecular formula is C24H24N2S. The Balaban J connectivity index is 1.43. The first kappa shape index (κ1) is 16.8. The maximum Gasteiger partial charge on any atom is 0.0701 e. The number of rotatable bonds is 3. The smallest absolute Gasteiger partial charge is 0.0701 e. The molecule has 136 valence electrons. The van der Waals surface area contributed by atoms with Crippen LogP contribution in [0.15, 0.2) is 70.3 Å². The lowest BCUT2D eigenvalue weighted by Crippen LogP contribution is -2.15. The third-order valence-corrected chi connectivity index (χ3v) is 6.54. The minimum atomic E-state index is 0.752. The molecule has 0 unspecified atom stereocenters. The summed E-state index contributed by atoms with van der Waals surface area (Å²) in [5.74, 6) is 0.752. The quantitative estimate of drug-likeness (QED) is 0.480. The summed E-state index contributed by atoms with van der Waals surface area (Å²) < 4.78 is 0. The van der Waals surface area contributed by atoms with Crippen LogP contribution in [0, 0.1) is 0 Å². The van der Waals surface area contributed by atoms with E-state index in [0.717, 1.165) is 23.9 Å². The van der Waals surface area contributed by atoms with Gasteiger partial charge in [-0.25, -0.2) is 0 Å². The Morgan fingerprint density at radius 1 is 0.889 bits per heavy atom. The first-order chi connectivity index (χ1) is 13.4. The number of para-hydroxylation sites is 1. The minimum Gasteiger partial charge on any atom is -0.334 e. The molecule has 0 spiro atoms. The standard InChI is InChI=1S/C24H24N2S/c1-2-6-18(7-3-1)19-10-12-20(13-11-19)25-23-16-26(21-14-15-27-17-21)24-9-5-4-8-22(23)24/h4-5,8-15,17-18H,1-3,6-7,16H2. The van der Waals surface area contributed by atoms with E-state index in [1.54, 1.807) is 11.3 Å². The van der Waals surface area contributed by atoms with Gasteiger partial charge in [0.25, 0.3) is 0 Å². The highest BCUT2D eigenvalue weighted by Gasteiger charge is 2.25. The Morgan fingerprint density at radius 3 is 2.48 bits per heavy atom. The van der Waals surface area contributed by atoms with Crippen LogP contribution in [0.3, 0.4) is 0 Å². The van der Waals surface area contributed by atoms with Crippen molar-refractivity contribution < 1.29 is 0 Å². The van der Waals surface area contributed by atoms with Gasteiger partial charge < -0.3 is 4.90 Å². The second-order valence-electron chi connectivity index (χ2n) is 7.57. The van der Waals surface area contributed by atoms with Crippen LogP contribution in [-0.2, 0) is 0 Å². The molecular weight excluding hydrogens is 348 g/mol. The van der Waals surface area contributed by atoms with Gasteiger partial charge in [-0.2, -0.15) is 11.3 Å². The van der Waals surface area contributed by atoms with Gasteiger partial charge in [-0.05, 0) is 54.0 Å². The van der Waals surface area contributed by atoms with E-state index in [0.29, 0.717) is 0 Å². The molecule has 0 atom stereocenters. The van der Waals surface area contributed by atoms with Crippen LogP contribution in [0.1, 0.15) is 49.1 Å². The van der Waals surface area contributed by atoms with E-state index in [-0.39, 0.29) is 0 Å². The van der Waals surface area contributed by atoms with E-state index >= 15 is 0 Å². The van der Waals surface area contributed by atoms with Crippen molar-refractivity contribution in [1.29, 1.82) is 0 Å². The van der Waals surface area contributed by atoms with Gasteiger partial charge in [0.2, 0.25) is 0 Å². The molecule has 2 aromatic carbocycles. The lowest BCUT2D eigenvalue weighted by Gasteiger charge is -2.21. The summed E-state index contributed by atoms with van der Waals surface area (Å²) in [6, 6.07) is 19.8. The Kier molecular flexibility index (Phi) is 4.54.